The number of carbonyl (C=O) groups is 3. The molecule has 1 unspecified atom stereocenters. The van der Waals surface area contributed by atoms with Crippen LogP contribution in [0.5, 0.6) is 0 Å². The number of esters is 1. The van der Waals surface area contributed by atoms with Gasteiger partial charge in [-0.1, -0.05) is 6.92 Å². The molecule has 0 aromatic heterocycles. The SMILES string of the molecule is CCOC(=O)C(NC(C)=O)[C@H](C)CCN(C)C(C)=O. The monoisotopic (exact) mass is 272 g/mol. The molecule has 0 radical (unpaired) electrons. The van der Waals surface area contributed by atoms with Crippen LogP contribution in [0.3, 0.4) is 0 Å². The zero-order valence-electron chi connectivity index (χ0n) is 12.4. The van der Waals surface area contributed by atoms with Crippen LogP contribution < -0.4 is 5.32 Å². The van der Waals surface area contributed by atoms with Crippen LogP contribution >= 0.6 is 0 Å². The number of carbonyl (C=O) groups excluding carboxylic acids is 3. The second-order valence-corrected chi connectivity index (χ2v) is 4.64. The summed E-state index contributed by atoms with van der Waals surface area (Å²) >= 11 is 0. The average Bonchev–Trinajstić information content (AvgIpc) is 2.32. The van der Waals surface area contributed by atoms with Crippen LogP contribution in [0.1, 0.15) is 34.1 Å². The Morgan fingerprint density at radius 1 is 1.26 bits per heavy atom. The molecule has 0 aromatic rings. The molecular weight excluding hydrogens is 248 g/mol. The van der Waals surface area contributed by atoms with Crippen LogP contribution in [-0.4, -0.2) is 48.9 Å². The second-order valence-electron chi connectivity index (χ2n) is 4.64. The zero-order chi connectivity index (χ0) is 15.0. The summed E-state index contributed by atoms with van der Waals surface area (Å²) in [6, 6.07) is -0.669. The van der Waals surface area contributed by atoms with Crippen LogP contribution in [-0.2, 0) is 19.1 Å². The van der Waals surface area contributed by atoms with Crippen molar-refractivity contribution < 1.29 is 19.1 Å². The first-order valence-corrected chi connectivity index (χ1v) is 6.45. The fraction of sp³-hybridized carbons (Fsp3) is 0.769. The highest BCUT2D eigenvalue weighted by Crippen LogP contribution is 2.11. The van der Waals surface area contributed by atoms with Gasteiger partial charge >= 0.3 is 5.97 Å². The summed E-state index contributed by atoms with van der Waals surface area (Å²) < 4.78 is 4.95. The molecule has 0 rings (SSSR count). The van der Waals surface area contributed by atoms with Gasteiger partial charge in [-0.15, -0.1) is 0 Å². The molecule has 19 heavy (non-hydrogen) atoms. The number of hydrogen-bond acceptors (Lipinski definition) is 4. The molecule has 0 aliphatic carbocycles. The van der Waals surface area contributed by atoms with Crippen molar-refractivity contribution in [3.8, 4) is 0 Å². The molecule has 0 bridgehead atoms. The molecule has 110 valence electrons. The van der Waals surface area contributed by atoms with E-state index in [1.165, 1.54) is 13.8 Å². The number of amides is 2. The Bertz CT molecular complexity index is 331. The van der Waals surface area contributed by atoms with E-state index in [4.69, 9.17) is 4.74 Å². The lowest BCUT2D eigenvalue weighted by atomic mass is 9.98. The van der Waals surface area contributed by atoms with Crippen molar-refractivity contribution in [2.24, 2.45) is 5.92 Å². The van der Waals surface area contributed by atoms with E-state index in [1.54, 1.807) is 18.9 Å². The molecule has 2 atom stereocenters. The first-order valence-electron chi connectivity index (χ1n) is 6.45. The summed E-state index contributed by atoms with van der Waals surface area (Å²) in [7, 11) is 1.70. The highest BCUT2D eigenvalue weighted by atomic mass is 16.5. The highest BCUT2D eigenvalue weighted by Gasteiger charge is 2.27. The maximum Gasteiger partial charge on any atom is 0.328 e. The van der Waals surface area contributed by atoms with Crippen molar-refractivity contribution in [2.45, 2.75) is 40.2 Å². The molecule has 0 fully saturated rings. The molecule has 0 heterocycles. The van der Waals surface area contributed by atoms with Crippen molar-refractivity contribution in [1.29, 1.82) is 0 Å². The second kappa shape index (κ2) is 8.50. The van der Waals surface area contributed by atoms with Crippen LogP contribution in [0.4, 0.5) is 0 Å². The Hall–Kier alpha value is -1.59. The Morgan fingerprint density at radius 3 is 2.26 bits per heavy atom. The van der Waals surface area contributed by atoms with Gasteiger partial charge in [0.05, 0.1) is 6.61 Å². The Balaban J connectivity index is 4.53. The quantitative estimate of drug-likeness (QED) is 0.687. The lowest BCUT2D eigenvalue weighted by Crippen LogP contribution is -2.46. The van der Waals surface area contributed by atoms with E-state index in [0.717, 1.165) is 0 Å². The summed E-state index contributed by atoms with van der Waals surface area (Å²) in [4.78, 5) is 35.6. The van der Waals surface area contributed by atoms with Gasteiger partial charge in [0.15, 0.2) is 0 Å². The van der Waals surface area contributed by atoms with Crippen LogP contribution in [0.2, 0.25) is 0 Å². The smallest absolute Gasteiger partial charge is 0.328 e. The number of ether oxygens (including phenoxy) is 1. The van der Waals surface area contributed by atoms with Gasteiger partial charge in [-0.25, -0.2) is 4.79 Å². The number of hydrogen-bond donors (Lipinski definition) is 1. The first kappa shape index (κ1) is 17.4. The van der Waals surface area contributed by atoms with Crippen LogP contribution in [0.15, 0.2) is 0 Å². The van der Waals surface area contributed by atoms with Crippen molar-refractivity contribution in [2.75, 3.05) is 20.2 Å². The fourth-order valence-electron chi connectivity index (χ4n) is 1.61. The largest absolute Gasteiger partial charge is 0.464 e. The average molecular weight is 272 g/mol. The lowest BCUT2D eigenvalue weighted by molar-refractivity contribution is -0.148. The third kappa shape index (κ3) is 6.79. The third-order valence-corrected chi connectivity index (χ3v) is 2.93. The fourth-order valence-corrected chi connectivity index (χ4v) is 1.61. The van der Waals surface area contributed by atoms with Crippen LogP contribution in [0, 0.1) is 5.92 Å². The van der Waals surface area contributed by atoms with Crippen molar-refractivity contribution in [3.63, 3.8) is 0 Å². The van der Waals surface area contributed by atoms with Gasteiger partial charge < -0.3 is 15.0 Å². The van der Waals surface area contributed by atoms with Gasteiger partial charge in [0.25, 0.3) is 0 Å². The lowest BCUT2D eigenvalue weighted by Gasteiger charge is -2.24. The Morgan fingerprint density at radius 2 is 1.84 bits per heavy atom. The number of rotatable bonds is 7. The molecule has 0 aliphatic rings. The summed E-state index contributed by atoms with van der Waals surface area (Å²) in [5, 5.41) is 2.60. The van der Waals surface area contributed by atoms with Gasteiger partial charge in [-0.3, -0.25) is 9.59 Å². The van der Waals surface area contributed by atoms with Crippen molar-refractivity contribution in [3.05, 3.63) is 0 Å². The van der Waals surface area contributed by atoms with E-state index in [2.05, 4.69) is 5.32 Å². The summed E-state index contributed by atoms with van der Waals surface area (Å²) in [5.74, 6) is -0.843. The van der Waals surface area contributed by atoms with E-state index >= 15 is 0 Å². The third-order valence-electron chi connectivity index (χ3n) is 2.93. The van der Waals surface area contributed by atoms with E-state index in [9.17, 15) is 14.4 Å². The normalized spacial score (nSPS) is 13.3. The van der Waals surface area contributed by atoms with E-state index in [1.807, 2.05) is 6.92 Å². The minimum atomic E-state index is -0.669. The Kier molecular flexibility index (Phi) is 7.79. The van der Waals surface area contributed by atoms with Gasteiger partial charge in [0.2, 0.25) is 11.8 Å². The topological polar surface area (TPSA) is 75.7 Å². The molecule has 0 saturated carbocycles. The number of nitrogens with one attached hydrogen (secondary N) is 1. The predicted molar refractivity (Wildman–Crippen MR) is 71.3 cm³/mol. The molecule has 6 heteroatoms. The highest BCUT2D eigenvalue weighted by molar-refractivity contribution is 5.83. The Labute approximate surface area is 114 Å². The summed E-state index contributed by atoms with van der Waals surface area (Å²) in [5.41, 5.74) is 0. The maximum atomic E-state index is 11.8. The standard InChI is InChI=1S/C13H24N2O4/c1-6-19-13(18)12(14-10(3)16)9(2)7-8-15(5)11(4)17/h9,12H,6-8H2,1-5H3,(H,14,16)/t9-,12?/m1/s1. The van der Waals surface area contributed by atoms with Crippen molar-refractivity contribution >= 4 is 17.8 Å². The van der Waals surface area contributed by atoms with Gasteiger partial charge in [-0.2, -0.15) is 0 Å². The number of nitrogens with zero attached hydrogens (tertiary/aromatic N) is 1. The van der Waals surface area contributed by atoms with Gasteiger partial charge in [0.1, 0.15) is 6.04 Å². The van der Waals surface area contributed by atoms with E-state index in [0.29, 0.717) is 13.0 Å². The molecule has 2 amide bonds. The molecule has 1 N–H and O–H groups in total. The molecular formula is C13H24N2O4. The summed E-state index contributed by atoms with van der Waals surface area (Å²) in [6.07, 6.45) is 0.611. The summed E-state index contributed by atoms with van der Waals surface area (Å²) in [6.45, 7) is 7.23. The van der Waals surface area contributed by atoms with E-state index in [-0.39, 0.29) is 24.3 Å². The molecule has 6 nitrogen and oxygen atoms in total. The van der Waals surface area contributed by atoms with Crippen molar-refractivity contribution in [1.82, 2.24) is 10.2 Å². The minimum absolute atomic E-state index is 0.0283. The predicted octanol–water partition coefficient (Wildman–Crippen LogP) is 0.559. The van der Waals surface area contributed by atoms with E-state index < -0.39 is 12.0 Å². The molecule has 0 saturated heterocycles. The zero-order valence-corrected chi connectivity index (χ0v) is 12.4. The van der Waals surface area contributed by atoms with Crippen LogP contribution in [0.25, 0.3) is 0 Å². The molecule has 0 spiro atoms. The minimum Gasteiger partial charge on any atom is -0.464 e. The molecule has 0 aliphatic heterocycles. The molecule has 0 aromatic carbocycles. The first-order chi connectivity index (χ1) is 8.79. The maximum absolute atomic E-state index is 11.8. The van der Waals surface area contributed by atoms with Gasteiger partial charge in [0, 0.05) is 27.4 Å². The van der Waals surface area contributed by atoms with Gasteiger partial charge in [-0.05, 0) is 19.3 Å².